The molecular weight excluding hydrogens is 242 g/mol. The first kappa shape index (κ1) is 12.3. The van der Waals surface area contributed by atoms with Crippen LogP contribution in [0.5, 0.6) is 11.5 Å². The number of hydrogen-bond donors (Lipinski definition) is 0. The minimum absolute atomic E-state index is 0.272. The molecule has 2 aliphatic rings. The molecule has 0 unspecified atom stereocenters. The van der Waals surface area contributed by atoms with Gasteiger partial charge in [-0.2, -0.15) is 0 Å². The van der Waals surface area contributed by atoms with E-state index >= 15 is 0 Å². The van der Waals surface area contributed by atoms with E-state index in [0.29, 0.717) is 25.4 Å². The molecule has 0 spiro atoms. The summed E-state index contributed by atoms with van der Waals surface area (Å²) in [5.74, 6) is 1.96. The zero-order valence-electron chi connectivity index (χ0n) is 11.4. The molecule has 2 heterocycles. The van der Waals surface area contributed by atoms with Crippen LogP contribution in [0.2, 0.25) is 0 Å². The summed E-state index contributed by atoms with van der Waals surface area (Å²) in [4.78, 5) is 14.1. The van der Waals surface area contributed by atoms with Crippen molar-refractivity contribution in [2.75, 3.05) is 31.2 Å². The topological polar surface area (TPSA) is 38.8 Å². The van der Waals surface area contributed by atoms with Gasteiger partial charge in [0.25, 0.3) is 0 Å². The van der Waals surface area contributed by atoms with Crippen molar-refractivity contribution in [3.8, 4) is 11.5 Å². The number of hydrogen-bond acceptors (Lipinski definition) is 4. The maximum absolute atomic E-state index is 11.9. The number of ketones is 1. The van der Waals surface area contributed by atoms with Crippen LogP contribution in [-0.4, -0.2) is 32.1 Å². The van der Waals surface area contributed by atoms with Gasteiger partial charge in [-0.3, -0.25) is 4.79 Å². The van der Waals surface area contributed by atoms with Gasteiger partial charge in [-0.1, -0.05) is 13.8 Å². The van der Waals surface area contributed by atoms with E-state index in [1.54, 1.807) is 0 Å². The van der Waals surface area contributed by atoms with Crippen LogP contribution in [0, 0.1) is 5.41 Å². The Balaban J connectivity index is 1.84. The number of piperidine rings is 1. The summed E-state index contributed by atoms with van der Waals surface area (Å²) >= 11 is 0. The van der Waals surface area contributed by atoms with Gasteiger partial charge in [0.2, 0.25) is 0 Å². The first-order valence-electron chi connectivity index (χ1n) is 6.74. The molecule has 0 saturated carbocycles. The molecule has 0 radical (unpaired) electrons. The minimum Gasteiger partial charge on any atom is -0.486 e. The van der Waals surface area contributed by atoms with Gasteiger partial charge in [0.1, 0.15) is 19.0 Å². The fourth-order valence-corrected chi connectivity index (χ4v) is 2.67. The lowest BCUT2D eigenvalue weighted by Crippen LogP contribution is -2.46. The van der Waals surface area contributed by atoms with Gasteiger partial charge in [-0.25, -0.2) is 0 Å². The van der Waals surface area contributed by atoms with E-state index in [9.17, 15) is 4.79 Å². The van der Waals surface area contributed by atoms with Crippen molar-refractivity contribution in [2.24, 2.45) is 5.41 Å². The Bertz CT molecular complexity index is 510. The molecule has 4 nitrogen and oxygen atoms in total. The molecule has 1 saturated heterocycles. The van der Waals surface area contributed by atoms with Crippen LogP contribution in [0.1, 0.15) is 20.3 Å². The number of benzene rings is 1. The van der Waals surface area contributed by atoms with Crippen molar-refractivity contribution in [3.63, 3.8) is 0 Å². The summed E-state index contributed by atoms with van der Waals surface area (Å²) in [6.45, 7) is 6.77. The standard InChI is InChI=1S/C15H19NO3/c1-15(2)10-16(6-5-14(15)17)11-3-4-12-13(9-11)19-8-7-18-12/h3-4,9H,5-8,10H2,1-2H3. The highest BCUT2D eigenvalue weighted by molar-refractivity contribution is 5.86. The van der Waals surface area contributed by atoms with Crippen molar-refractivity contribution in [2.45, 2.75) is 20.3 Å². The molecule has 0 aliphatic carbocycles. The molecule has 0 bridgehead atoms. The van der Waals surface area contributed by atoms with Crippen molar-refractivity contribution in [3.05, 3.63) is 18.2 Å². The van der Waals surface area contributed by atoms with E-state index in [4.69, 9.17) is 9.47 Å². The molecule has 0 atom stereocenters. The smallest absolute Gasteiger partial charge is 0.163 e. The van der Waals surface area contributed by atoms with Gasteiger partial charge >= 0.3 is 0 Å². The van der Waals surface area contributed by atoms with Crippen LogP contribution >= 0.6 is 0 Å². The molecule has 1 aromatic rings. The summed E-state index contributed by atoms with van der Waals surface area (Å²) < 4.78 is 11.1. The second kappa shape index (κ2) is 4.44. The Labute approximate surface area is 113 Å². The number of ether oxygens (including phenoxy) is 2. The predicted octanol–water partition coefficient (Wildman–Crippen LogP) is 2.26. The summed E-state index contributed by atoms with van der Waals surface area (Å²) in [6.07, 6.45) is 0.613. The molecule has 4 heteroatoms. The normalized spacial score (nSPS) is 21.4. The quantitative estimate of drug-likeness (QED) is 0.777. The van der Waals surface area contributed by atoms with Gasteiger partial charge < -0.3 is 14.4 Å². The lowest BCUT2D eigenvalue weighted by Gasteiger charge is -2.38. The number of carbonyl (C=O) groups excluding carboxylic acids is 1. The number of carbonyl (C=O) groups is 1. The molecule has 19 heavy (non-hydrogen) atoms. The highest BCUT2D eigenvalue weighted by Gasteiger charge is 2.34. The Morgan fingerprint density at radius 1 is 1.16 bits per heavy atom. The van der Waals surface area contributed by atoms with E-state index in [1.165, 1.54) is 0 Å². The van der Waals surface area contributed by atoms with E-state index in [2.05, 4.69) is 4.90 Å². The minimum atomic E-state index is -0.272. The van der Waals surface area contributed by atoms with Crippen molar-refractivity contribution in [1.29, 1.82) is 0 Å². The molecule has 102 valence electrons. The molecule has 0 aromatic heterocycles. The second-order valence-electron chi connectivity index (χ2n) is 5.81. The van der Waals surface area contributed by atoms with Crippen molar-refractivity contribution >= 4 is 11.5 Å². The van der Waals surface area contributed by atoms with E-state index in [1.807, 2.05) is 32.0 Å². The number of anilines is 1. The first-order valence-corrected chi connectivity index (χ1v) is 6.74. The third-order valence-corrected chi connectivity index (χ3v) is 3.84. The number of rotatable bonds is 1. The number of Topliss-reactive ketones (excluding diaryl/α,β-unsaturated/α-hetero) is 1. The van der Waals surface area contributed by atoms with Crippen LogP contribution in [0.25, 0.3) is 0 Å². The Morgan fingerprint density at radius 3 is 2.63 bits per heavy atom. The third kappa shape index (κ3) is 2.27. The maximum atomic E-state index is 11.9. The molecule has 1 aromatic carbocycles. The number of fused-ring (bicyclic) bond motifs is 1. The maximum Gasteiger partial charge on any atom is 0.163 e. The zero-order chi connectivity index (χ0) is 13.5. The Hall–Kier alpha value is -1.71. The molecule has 2 aliphatic heterocycles. The van der Waals surface area contributed by atoms with Crippen LogP contribution in [-0.2, 0) is 4.79 Å². The molecule has 0 amide bonds. The summed E-state index contributed by atoms with van der Waals surface area (Å²) in [5.41, 5.74) is 0.829. The van der Waals surface area contributed by atoms with E-state index in [0.717, 1.165) is 30.3 Å². The van der Waals surface area contributed by atoms with Crippen LogP contribution in [0.15, 0.2) is 18.2 Å². The van der Waals surface area contributed by atoms with Gasteiger partial charge in [-0.15, -0.1) is 0 Å². The summed E-state index contributed by atoms with van der Waals surface area (Å²) in [7, 11) is 0. The molecule has 3 rings (SSSR count). The Kier molecular flexibility index (Phi) is 2.88. The average Bonchev–Trinajstić information content (AvgIpc) is 2.41. The molecule has 1 fully saturated rings. The largest absolute Gasteiger partial charge is 0.486 e. The highest BCUT2D eigenvalue weighted by Crippen LogP contribution is 2.36. The fourth-order valence-electron chi connectivity index (χ4n) is 2.67. The predicted molar refractivity (Wildman–Crippen MR) is 73.1 cm³/mol. The van der Waals surface area contributed by atoms with Crippen LogP contribution in [0.3, 0.4) is 0 Å². The molecule has 0 N–H and O–H groups in total. The SMILES string of the molecule is CC1(C)CN(c2ccc3c(c2)OCCO3)CCC1=O. The second-order valence-corrected chi connectivity index (χ2v) is 5.81. The van der Waals surface area contributed by atoms with Gasteiger partial charge in [-0.05, 0) is 12.1 Å². The van der Waals surface area contributed by atoms with Crippen LogP contribution < -0.4 is 14.4 Å². The third-order valence-electron chi connectivity index (χ3n) is 3.84. The molecular formula is C15H19NO3. The van der Waals surface area contributed by atoms with Crippen molar-refractivity contribution in [1.82, 2.24) is 0 Å². The lowest BCUT2D eigenvalue weighted by atomic mass is 9.82. The summed E-state index contributed by atoms with van der Waals surface area (Å²) in [5, 5.41) is 0. The average molecular weight is 261 g/mol. The van der Waals surface area contributed by atoms with Gasteiger partial charge in [0.05, 0.1) is 0 Å². The van der Waals surface area contributed by atoms with E-state index in [-0.39, 0.29) is 5.41 Å². The van der Waals surface area contributed by atoms with Gasteiger partial charge in [0, 0.05) is 36.7 Å². The zero-order valence-corrected chi connectivity index (χ0v) is 11.4. The highest BCUT2D eigenvalue weighted by atomic mass is 16.6. The van der Waals surface area contributed by atoms with Gasteiger partial charge in [0.15, 0.2) is 11.5 Å². The fraction of sp³-hybridized carbons (Fsp3) is 0.533. The van der Waals surface area contributed by atoms with Crippen molar-refractivity contribution < 1.29 is 14.3 Å². The monoisotopic (exact) mass is 261 g/mol. The Morgan fingerprint density at radius 2 is 1.89 bits per heavy atom. The summed E-state index contributed by atoms with van der Waals surface area (Å²) in [6, 6.07) is 6.01. The lowest BCUT2D eigenvalue weighted by molar-refractivity contribution is -0.127. The first-order chi connectivity index (χ1) is 9.06. The van der Waals surface area contributed by atoms with E-state index < -0.39 is 0 Å². The van der Waals surface area contributed by atoms with Crippen LogP contribution in [0.4, 0.5) is 5.69 Å². The number of nitrogens with zero attached hydrogens (tertiary/aromatic N) is 1.